The summed E-state index contributed by atoms with van der Waals surface area (Å²) in [5.74, 6) is 1.82. The predicted octanol–water partition coefficient (Wildman–Crippen LogP) is 4.10. The quantitative estimate of drug-likeness (QED) is 0.662. The van der Waals surface area contributed by atoms with Crippen molar-refractivity contribution < 1.29 is 4.74 Å². The van der Waals surface area contributed by atoms with Gasteiger partial charge in [-0.3, -0.25) is 0 Å². The van der Waals surface area contributed by atoms with Gasteiger partial charge in [-0.1, -0.05) is 0 Å². The maximum absolute atomic E-state index is 6.11. The average Bonchev–Trinajstić information content (AvgIpc) is 2.59. The Morgan fingerprint density at radius 1 is 0.862 bits per heavy atom. The standard InChI is InChI=1S/C25H47N3O/c1-20(2)28-12-8-25(9-13-28)18-27(19-25)16-21-6-10-26(11-7-21)17-22-14-23(15-22)29-24(3,4)5/h20-23H,6-19H2,1-5H3. The van der Waals surface area contributed by atoms with Gasteiger partial charge in [-0.15, -0.1) is 0 Å². The van der Waals surface area contributed by atoms with E-state index in [1.807, 2.05) is 0 Å². The first-order valence-corrected chi connectivity index (χ1v) is 12.6. The van der Waals surface area contributed by atoms with Crippen molar-refractivity contribution in [3.05, 3.63) is 0 Å². The first-order chi connectivity index (χ1) is 13.7. The summed E-state index contributed by atoms with van der Waals surface area (Å²) in [7, 11) is 0. The second kappa shape index (κ2) is 8.76. The Balaban J connectivity index is 1.08. The van der Waals surface area contributed by atoms with E-state index in [0.717, 1.165) is 17.9 Å². The molecule has 168 valence electrons. The number of nitrogens with zero attached hydrogens (tertiary/aromatic N) is 3. The van der Waals surface area contributed by atoms with Crippen LogP contribution in [0.1, 0.15) is 73.1 Å². The number of ether oxygens (including phenoxy) is 1. The minimum Gasteiger partial charge on any atom is -0.373 e. The first kappa shape index (κ1) is 22.0. The van der Waals surface area contributed by atoms with Crippen LogP contribution in [0.3, 0.4) is 0 Å². The van der Waals surface area contributed by atoms with E-state index in [2.05, 4.69) is 49.3 Å². The van der Waals surface area contributed by atoms with Crippen molar-refractivity contribution in [1.82, 2.24) is 14.7 Å². The molecular weight excluding hydrogens is 358 g/mol. The van der Waals surface area contributed by atoms with Crippen molar-refractivity contribution in [3.8, 4) is 0 Å². The van der Waals surface area contributed by atoms with Crippen LogP contribution in [0.25, 0.3) is 0 Å². The lowest BCUT2D eigenvalue weighted by Crippen LogP contribution is -2.61. The van der Waals surface area contributed by atoms with Crippen LogP contribution in [0.2, 0.25) is 0 Å². The Morgan fingerprint density at radius 2 is 1.45 bits per heavy atom. The van der Waals surface area contributed by atoms with E-state index in [1.54, 1.807) is 0 Å². The lowest BCUT2D eigenvalue weighted by atomic mass is 9.71. The Bertz CT molecular complexity index is 513. The molecule has 0 unspecified atom stereocenters. The second-order valence-corrected chi connectivity index (χ2v) is 12.2. The highest BCUT2D eigenvalue weighted by Gasteiger charge is 2.45. The molecule has 4 rings (SSSR count). The molecule has 0 amide bonds. The topological polar surface area (TPSA) is 19.0 Å². The third-order valence-corrected chi connectivity index (χ3v) is 8.16. The van der Waals surface area contributed by atoms with Crippen molar-refractivity contribution >= 4 is 0 Å². The summed E-state index contributed by atoms with van der Waals surface area (Å²) >= 11 is 0. The third kappa shape index (κ3) is 5.75. The Hall–Kier alpha value is -0.160. The first-order valence-electron chi connectivity index (χ1n) is 12.6. The van der Waals surface area contributed by atoms with Gasteiger partial charge in [0.05, 0.1) is 11.7 Å². The Labute approximate surface area is 180 Å². The molecule has 1 saturated carbocycles. The summed E-state index contributed by atoms with van der Waals surface area (Å²) in [5.41, 5.74) is 0.705. The maximum Gasteiger partial charge on any atom is 0.0602 e. The zero-order chi connectivity index (χ0) is 20.6. The molecule has 3 heterocycles. The molecule has 4 aliphatic rings. The number of hydrogen-bond acceptors (Lipinski definition) is 4. The van der Waals surface area contributed by atoms with Gasteiger partial charge in [0.1, 0.15) is 0 Å². The molecule has 29 heavy (non-hydrogen) atoms. The fourth-order valence-corrected chi connectivity index (χ4v) is 6.36. The lowest BCUT2D eigenvalue weighted by Gasteiger charge is -2.55. The van der Waals surface area contributed by atoms with E-state index in [-0.39, 0.29) is 5.60 Å². The van der Waals surface area contributed by atoms with Crippen molar-refractivity contribution in [2.24, 2.45) is 17.3 Å². The summed E-state index contributed by atoms with van der Waals surface area (Å²) in [6.07, 6.45) is 8.77. The molecule has 4 fully saturated rings. The Morgan fingerprint density at radius 3 is 2.00 bits per heavy atom. The zero-order valence-corrected chi connectivity index (χ0v) is 20.0. The van der Waals surface area contributed by atoms with Gasteiger partial charge in [0.25, 0.3) is 0 Å². The molecule has 4 heteroatoms. The van der Waals surface area contributed by atoms with Gasteiger partial charge in [0.2, 0.25) is 0 Å². The van der Waals surface area contributed by atoms with Gasteiger partial charge < -0.3 is 19.4 Å². The number of piperidine rings is 2. The molecule has 0 aromatic heterocycles. The smallest absolute Gasteiger partial charge is 0.0602 e. The van der Waals surface area contributed by atoms with Crippen molar-refractivity contribution in [2.45, 2.75) is 90.9 Å². The predicted molar refractivity (Wildman–Crippen MR) is 121 cm³/mol. The molecule has 0 radical (unpaired) electrons. The number of likely N-dealkylation sites (tertiary alicyclic amines) is 3. The molecule has 0 bridgehead atoms. The number of rotatable bonds is 6. The molecule has 3 saturated heterocycles. The van der Waals surface area contributed by atoms with Gasteiger partial charge in [0, 0.05) is 32.2 Å². The van der Waals surface area contributed by atoms with Crippen LogP contribution in [-0.4, -0.2) is 84.8 Å². The summed E-state index contributed by atoms with van der Waals surface area (Å²) < 4.78 is 6.11. The van der Waals surface area contributed by atoms with Gasteiger partial charge in [-0.2, -0.15) is 0 Å². The van der Waals surface area contributed by atoms with Crippen molar-refractivity contribution in [3.63, 3.8) is 0 Å². The minimum atomic E-state index is 0.0227. The second-order valence-electron chi connectivity index (χ2n) is 12.2. The minimum absolute atomic E-state index is 0.0227. The van der Waals surface area contributed by atoms with E-state index in [9.17, 15) is 0 Å². The normalized spacial score (nSPS) is 32.5. The summed E-state index contributed by atoms with van der Waals surface area (Å²) in [5, 5.41) is 0. The number of hydrogen-bond donors (Lipinski definition) is 0. The lowest BCUT2D eigenvalue weighted by molar-refractivity contribution is -0.116. The molecule has 0 atom stereocenters. The van der Waals surface area contributed by atoms with Crippen LogP contribution in [0.15, 0.2) is 0 Å². The van der Waals surface area contributed by atoms with Crippen molar-refractivity contribution in [1.29, 1.82) is 0 Å². The Kier molecular flexibility index (Phi) is 6.66. The molecule has 0 N–H and O–H groups in total. The average molecular weight is 406 g/mol. The highest BCUT2D eigenvalue weighted by Crippen LogP contribution is 2.41. The van der Waals surface area contributed by atoms with E-state index in [1.165, 1.54) is 90.9 Å². The molecular formula is C25H47N3O. The SMILES string of the molecule is CC(C)N1CCC2(CC1)CN(CC1CCN(CC3CC(OC(C)(C)C)C3)CC1)C2. The molecule has 1 aliphatic carbocycles. The fraction of sp³-hybridized carbons (Fsp3) is 1.00. The van der Waals surface area contributed by atoms with Gasteiger partial charge in [0.15, 0.2) is 0 Å². The van der Waals surface area contributed by atoms with Crippen LogP contribution in [0.4, 0.5) is 0 Å². The molecule has 0 aromatic rings. The highest BCUT2D eigenvalue weighted by molar-refractivity contribution is 4.99. The van der Waals surface area contributed by atoms with Crippen molar-refractivity contribution in [2.75, 3.05) is 52.4 Å². The summed E-state index contributed by atoms with van der Waals surface area (Å²) in [6.45, 7) is 22.0. The highest BCUT2D eigenvalue weighted by atomic mass is 16.5. The molecule has 1 spiro atoms. The fourth-order valence-electron chi connectivity index (χ4n) is 6.36. The third-order valence-electron chi connectivity index (χ3n) is 8.16. The van der Waals surface area contributed by atoms with Crippen LogP contribution in [0, 0.1) is 17.3 Å². The van der Waals surface area contributed by atoms with E-state index >= 15 is 0 Å². The molecule has 4 nitrogen and oxygen atoms in total. The van der Waals surface area contributed by atoms with Crippen LogP contribution in [0.5, 0.6) is 0 Å². The maximum atomic E-state index is 6.11. The van der Waals surface area contributed by atoms with Gasteiger partial charge >= 0.3 is 0 Å². The summed E-state index contributed by atoms with van der Waals surface area (Å²) in [6, 6.07) is 0.727. The van der Waals surface area contributed by atoms with Gasteiger partial charge in [-0.05, 0) is 117 Å². The monoisotopic (exact) mass is 405 g/mol. The van der Waals surface area contributed by atoms with E-state index in [0.29, 0.717) is 11.5 Å². The van der Waals surface area contributed by atoms with Gasteiger partial charge in [-0.25, -0.2) is 0 Å². The largest absolute Gasteiger partial charge is 0.373 e. The van der Waals surface area contributed by atoms with E-state index < -0.39 is 0 Å². The van der Waals surface area contributed by atoms with Crippen LogP contribution in [-0.2, 0) is 4.74 Å². The van der Waals surface area contributed by atoms with Crippen LogP contribution >= 0.6 is 0 Å². The van der Waals surface area contributed by atoms with E-state index in [4.69, 9.17) is 4.74 Å². The molecule has 3 aliphatic heterocycles. The summed E-state index contributed by atoms with van der Waals surface area (Å²) in [4.78, 5) is 8.20. The van der Waals surface area contributed by atoms with Crippen LogP contribution < -0.4 is 0 Å². The molecule has 0 aromatic carbocycles. The zero-order valence-electron chi connectivity index (χ0n) is 20.0.